The fourth-order valence-corrected chi connectivity index (χ4v) is 3.80. The molecule has 0 aliphatic carbocycles. The Morgan fingerprint density at radius 1 is 1.23 bits per heavy atom. The van der Waals surface area contributed by atoms with Crippen LogP contribution in [0.4, 0.5) is 11.4 Å². The van der Waals surface area contributed by atoms with Crippen molar-refractivity contribution in [1.82, 2.24) is 14.8 Å². The maximum atomic E-state index is 12.4. The first kappa shape index (κ1) is 22.3. The Bertz CT molecular complexity index is 1080. The highest BCUT2D eigenvalue weighted by molar-refractivity contribution is 7.99. The number of thioether (sulfide) groups is 1. The molecule has 0 saturated carbocycles. The molecule has 1 N–H and O–H groups in total. The molecule has 9 nitrogen and oxygen atoms in total. The molecule has 1 aromatic heterocycles. The van der Waals surface area contributed by atoms with Crippen LogP contribution >= 0.6 is 11.8 Å². The number of carbonyl (C=O) groups is 1. The molecule has 0 aliphatic rings. The van der Waals surface area contributed by atoms with E-state index in [9.17, 15) is 14.9 Å². The molecule has 3 aromatic rings. The van der Waals surface area contributed by atoms with Crippen LogP contribution in [-0.2, 0) is 17.8 Å². The smallest absolute Gasteiger partial charge is 0.271 e. The molecule has 0 fully saturated rings. The third kappa shape index (κ3) is 5.60. The minimum Gasteiger partial charge on any atom is -0.497 e. The molecule has 162 valence electrons. The van der Waals surface area contributed by atoms with E-state index in [1.807, 2.05) is 35.8 Å². The van der Waals surface area contributed by atoms with E-state index >= 15 is 0 Å². The van der Waals surface area contributed by atoms with Crippen molar-refractivity contribution in [3.63, 3.8) is 0 Å². The van der Waals surface area contributed by atoms with Gasteiger partial charge < -0.3 is 14.6 Å². The van der Waals surface area contributed by atoms with Crippen molar-refractivity contribution in [2.45, 2.75) is 32.0 Å². The summed E-state index contributed by atoms with van der Waals surface area (Å²) in [6, 6.07) is 12.1. The number of anilines is 1. The van der Waals surface area contributed by atoms with Gasteiger partial charge in [0.1, 0.15) is 11.6 Å². The third-order valence-electron chi connectivity index (χ3n) is 4.67. The van der Waals surface area contributed by atoms with Gasteiger partial charge in [0.25, 0.3) is 5.69 Å². The highest BCUT2D eigenvalue weighted by Crippen LogP contribution is 2.23. The van der Waals surface area contributed by atoms with Crippen LogP contribution in [0.3, 0.4) is 0 Å². The number of hydrogen-bond donors (Lipinski definition) is 1. The second-order valence-electron chi connectivity index (χ2n) is 6.76. The van der Waals surface area contributed by atoms with E-state index in [1.165, 1.54) is 23.9 Å². The molecule has 0 radical (unpaired) electrons. The van der Waals surface area contributed by atoms with Crippen LogP contribution < -0.4 is 10.1 Å². The molecule has 0 bridgehead atoms. The lowest BCUT2D eigenvalue weighted by Gasteiger charge is -2.09. The minimum absolute atomic E-state index is 0.0672. The number of rotatable bonds is 9. The number of nitro groups is 1. The van der Waals surface area contributed by atoms with Crippen LogP contribution in [-0.4, -0.2) is 38.5 Å². The average Bonchev–Trinajstić information content (AvgIpc) is 3.15. The molecule has 1 amide bonds. The quantitative estimate of drug-likeness (QED) is 0.305. The van der Waals surface area contributed by atoms with E-state index in [0.29, 0.717) is 23.8 Å². The lowest BCUT2D eigenvalue weighted by Crippen LogP contribution is -2.15. The van der Waals surface area contributed by atoms with Crippen LogP contribution in [0.25, 0.3) is 0 Å². The first-order valence-corrected chi connectivity index (χ1v) is 10.6. The molecule has 0 saturated heterocycles. The monoisotopic (exact) mass is 441 g/mol. The molecular formula is C21H23N5O4S. The SMILES string of the molecule is CCn1c(Cc2ccc(OC)cc2)nnc1SCC(=O)Nc1cc([N+](=O)[O-])ccc1C. The number of hydrogen-bond acceptors (Lipinski definition) is 7. The summed E-state index contributed by atoms with van der Waals surface area (Å²) in [6.07, 6.45) is 0.616. The average molecular weight is 442 g/mol. The number of non-ortho nitro benzene ring substituents is 1. The summed E-state index contributed by atoms with van der Waals surface area (Å²) in [5.74, 6) is 1.45. The summed E-state index contributed by atoms with van der Waals surface area (Å²) < 4.78 is 7.16. The zero-order chi connectivity index (χ0) is 22.4. The van der Waals surface area contributed by atoms with Gasteiger partial charge in [0, 0.05) is 25.1 Å². The van der Waals surface area contributed by atoms with Gasteiger partial charge in [0.15, 0.2) is 5.16 Å². The number of aromatic nitrogens is 3. The Morgan fingerprint density at radius 2 is 1.97 bits per heavy atom. The molecule has 0 unspecified atom stereocenters. The van der Waals surface area contributed by atoms with Crippen molar-refractivity contribution in [2.75, 3.05) is 18.2 Å². The van der Waals surface area contributed by atoms with Gasteiger partial charge in [-0.2, -0.15) is 0 Å². The summed E-state index contributed by atoms with van der Waals surface area (Å²) in [7, 11) is 1.63. The largest absolute Gasteiger partial charge is 0.497 e. The number of ether oxygens (including phenoxy) is 1. The second-order valence-corrected chi connectivity index (χ2v) is 7.70. The zero-order valence-corrected chi connectivity index (χ0v) is 18.3. The van der Waals surface area contributed by atoms with E-state index in [1.54, 1.807) is 20.1 Å². The Balaban J connectivity index is 1.64. The lowest BCUT2D eigenvalue weighted by molar-refractivity contribution is -0.384. The van der Waals surface area contributed by atoms with Crippen LogP contribution in [0, 0.1) is 17.0 Å². The van der Waals surface area contributed by atoms with Crippen LogP contribution in [0.1, 0.15) is 23.9 Å². The van der Waals surface area contributed by atoms with Gasteiger partial charge in [-0.1, -0.05) is 30.0 Å². The fraction of sp³-hybridized carbons (Fsp3) is 0.286. The number of amides is 1. The molecule has 3 rings (SSSR count). The summed E-state index contributed by atoms with van der Waals surface area (Å²) in [6.45, 7) is 4.45. The Morgan fingerprint density at radius 3 is 2.61 bits per heavy atom. The Hall–Kier alpha value is -3.40. The Labute approximate surface area is 184 Å². The number of nitro benzene ring substituents is 1. The molecule has 10 heteroatoms. The molecule has 2 aromatic carbocycles. The van der Waals surface area contributed by atoms with Gasteiger partial charge in [0.2, 0.25) is 5.91 Å². The summed E-state index contributed by atoms with van der Waals surface area (Å²) in [5.41, 5.74) is 2.19. The number of nitrogens with zero attached hydrogens (tertiary/aromatic N) is 4. The van der Waals surface area contributed by atoms with Gasteiger partial charge in [0.05, 0.1) is 23.5 Å². The van der Waals surface area contributed by atoms with Crippen LogP contribution in [0.2, 0.25) is 0 Å². The highest BCUT2D eigenvalue weighted by Gasteiger charge is 2.15. The van der Waals surface area contributed by atoms with E-state index in [0.717, 1.165) is 22.7 Å². The number of methoxy groups -OCH3 is 1. The first-order valence-electron chi connectivity index (χ1n) is 9.64. The van der Waals surface area contributed by atoms with Crippen molar-refractivity contribution in [2.24, 2.45) is 0 Å². The first-order chi connectivity index (χ1) is 14.9. The van der Waals surface area contributed by atoms with E-state index < -0.39 is 4.92 Å². The number of carbonyl (C=O) groups excluding carboxylic acids is 1. The normalized spacial score (nSPS) is 10.7. The van der Waals surface area contributed by atoms with Crippen LogP contribution in [0.15, 0.2) is 47.6 Å². The van der Waals surface area contributed by atoms with E-state index in [4.69, 9.17) is 4.74 Å². The predicted molar refractivity (Wildman–Crippen MR) is 119 cm³/mol. The fourth-order valence-electron chi connectivity index (χ4n) is 2.97. The summed E-state index contributed by atoms with van der Waals surface area (Å²) in [5, 5.41) is 22.9. The standard InChI is InChI=1S/C21H23N5O4S/c1-4-25-19(11-15-6-9-17(30-3)10-7-15)23-24-21(25)31-13-20(27)22-18-12-16(26(28)29)8-5-14(18)2/h5-10,12H,4,11,13H2,1-3H3,(H,22,27). The topological polar surface area (TPSA) is 112 Å². The molecule has 0 aliphatic heterocycles. The van der Waals surface area contributed by atoms with Crippen molar-refractivity contribution < 1.29 is 14.5 Å². The summed E-state index contributed by atoms with van der Waals surface area (Å²) in [4.78, 5) is 22.9. The van der Waals surface area contributed by atoms with Crippen LogP contribution in [0.5, 0.6) is 5.75 Å². The molecule has 0 spiro atoms. The third-order valence-corrected chi connectivity index (χ3v) is 5.64. The van der Waals surface area contributed by atoms with Crippen molar-refractivity contribution >= 4 is 29.0 Å². The molecule has 31 heavy (non-hydrogen) atoms. The summed E-state index contributed by atoms with van der Waals surface area (Å²) >= 11 is 1.28. The van der Waals surface area contributed by atoms with E-state index in [-0.39, 0.29) is 17.3 Å². The van der Waals surface area contributed by atoms with Gasteiger partial charge in [-0.05, 0) is 37.1 Å². The van der Waals surface area contributed by atoms with Gasteiger partial charge in [-0.15, -0.1) is 10.2 Å². The van der Waals surface area contributed by atoms with E-state index in [2.05, 4.69) is 15.5 Å². The minimum atomic E-state index is -0.488. The maximum absolute atomic E-state index is 12.4. The van der Waals surface area contributed by atoms with Gasteiger partial charge in [-0.25, -0.2) is 0 Å². The van der Waals surface area contributed by atoms with Crippen molar-refractivity contribution in [3.8, 4) is 5.75 Å². The second kappa shape index (κ2) is 10.1. The molecule has 0 atom stereocenters. The lowest BCUT2D eigenvalue weighted by atomic mass is 10.1. The zero-order valence-electron chi connectivity index (χ0n) is 17.5. The Kier molecular flexibility index (Phi) is 7.24. The number of benzene rings is 2. The van der Waals surface area contributed by atoms with Crippen molar-refractivity contribution in [1.29, 1.82) is 0 Å². The van der Waals surface area contributed by atoms with Gasteiger partial charge >= 0.3 is 0 Å². The predicted octanol–water partition coefficient (Wildman–Crippen LogP) is 3.84. The number of nitrogens with one attached hydrogen (secondary N) is 1. The molecular weight excluding hydrogens is 418 g/mol. The molecule has 1 heterocycles. The van der Waals surface area contributed by atoms with Gasteiger partial charge in [-0.3, -0.25) is 14.9 Å². The number of aryl methyl sites for hydroxylation is 1. The van der Waals surface area contributed by atoms with Crippen molar-refractivity contribution in [3.05, 3.63) is 69.5 Å². The maximum Gasteiger partial charge on any atom is 0.271 e. The highest BCUT2D eigenvalue weighted by atomic mass is 32.2.